The Morgan fingerprint density at radius 1 is 1.09 bits per heavy atom. The number of aryl methyl sites for hydroxylation is 2. The minimum Gasteiger partial charge on any atom is -0.387 e. The van der Waals surface area contributed by atoms with E-state index in [1.807, 2.05) is 36.9 Å². The molecule has 6 heteroatoms. The monoisotopic (exact) mass is 331 g/mol. The van der Waals surface area contributed by atoms with E-state index in [-0.39, 0.29) is 0 Å². The zero-order chi connectivity index (χ0) is 17.2. The van der Waals surface area contributed by atoms with E-state index in [4.69, 9.17) is 0 Å². The Bertz CT molecular complexity index is 505. The number of likely N-dealkylation sites (tertiary alicyclic amines) is 1. The number of hydrogen-bond donors (Lipinski definition) is 2. The second-order valence-corrected chi connectivity index (χ2v) is 6.56. The van der Waals surface area contributed by atoms with Crippen LogP contribution in [0.4, 0.5) is 13.2 Å². The Balaban J connectivity index is 1.89. The van der Waals surface area contributed by atoms with Gasteiger partial charge in [0.05, 0.1) is 6.10 Å². The van der Waals surface area contributed by atoms with E-state index in [1.165, 1.54) is 0 Å². The Labute approximate surface area is 134 Å². The van der Waals surface area contributed by atoms with Gasteiger partial charge in [0.25, 0.3) is 0 Å². The van der Waals surface area contributed by atoms with Crippen molar-refractivity contribution in [2.24, 2.45) is 5.92 Å². The third-order valence-electron chi connectivity index (χ3n) is 4.47. The average Bonchev–Trinajstić information content (AvgIpc) is 2.45. The molecule has 0 aliphatic carbocycles. The average molecular weight is 331 g/mol. The molecule has 130 valence electrons. The molecular weight excluding hydrogens is 307 g/mol. The van der Waals surface area contributed by atoms with Gasteiger partial charge in [0, 0.05) is 6.54 Å². The lowest BCUT2D eigenvalue weighted by atomic mass is 9.90. The van der Waals surface area contributed by atoms with Crippen LogP contribution in [0.3, 0.4) is 0 Å². The Morgan fingerprint density at radius 2 is 1.61 bits per heavy atom. The fourth-order valence-corrected chi connectivity index (χ4v) is 3.27. The zero-order valence-corrected chi connectivity index (χ0v) is 13.5. The summed E-state index contributed by atoms with van der Waals surface area (Å²) < 4.78 is 37.6. The van der Waals surface area contributed by atoms with Crippen LogP contribution in [0.5, 0.6) is 0 Å². The number of β-amino-alcohol motifs (C(OH)–C–C–N with tert-alkyl or cyclic N) is 1. The number of aliphatic hydroxyl groups excluding tert-OH is 2. The van der Waals surface area contributed by atoms with Gasteiger partial charge in [0.1, 0.15) is 0 Å². The molecule has 3 nitrogen and oxygen atoms in total. The van der Waals surface area contributed by atoms with Crippen LogP contribution in [-0.2, 0) is 0 Å². The topological polar surface area (TPSA) is 43.7 Å². The van der Waals surface area contributed by atoms with E-state index < -0.39 is 24.3 Å². The van der Waals surface area contributed by atoms with Crippen LogP contribution >= 0.6 is 0 Å². The van der Waals surface area contributed by atoms with Gasteiger partial charge in [-0.1, -0.05) is 29.3 Å². The highest BCUT2D eigenvalue weighted by Crippen LogP contribution is 2.32. The van der Waals surface area contributed by atoms with E-state index in [0.717, 1.165) is 16.7 Å². The van der Waals surface area contributed by atoms with E-state index in [9.17, 15) is 23.4 Å². The summed E-state index contributed by atoms with van der Waals surface area (Å²) in [7, 11) is 0. The van der Waals surface area contributed by atoms with Gasteiger partial charge >= 0.3 is 6.18 Å². The summed E-state index contributed by atoms with van der Waals surface area (Å²) >= 11 is 0. The quantitative estimate of drug-likeness (QED) is 0.891. The largest absolute Gasteiger partial charge is 0.414 e. The van der Waals surface area contributed by atoms with Crippen molar-refractivity contribution in [1.82, 2.24) is 4.90 Å². The molecule has 0 bridgehead atoms. The van der Waals surface area contributed by atoms with Gasteiger partial charge < -0.3 is 15.1 Å². The van der Waals surface area contributed by atoms with Crippen molar-refractivity contribution in [3.8, 4) is 0 Å². The number of rotatable bonds is 4. The number of piperidine rings is 1. The highest BCUT2D eigenvalue weighted by molar-refractivity contribution is 5.30. The predicted molar refractivity (Wildman–Crippen MR) is 82.1 cm³/mol. The lowest BCUT2D eigenvalue weighted by Crippen LogP contribution is -2.44. The standard InChI is InChI=1S/C17H24F3NO2/c1-11-7-12(2)9-14(8-11)15(22)10-21-5-3-13(4-6-21)16(23)17(18,19)20/h7-9,13,15-16,22-23H,3-6,10H2,1-2H3. The van der Waals surface area contributed by atoms with Crippen molar-refractivity contribution < 1.29 is 23.4 Å². The molecule has 0 aromatic heterocycles. The predicted octanol–water partition coefficient (Wildman–Crippen LogP) is 2.97. The third kappa shape index (κ3) is 4.93. The van der Waals surface area contributed by atoms with E-state index in [2.05, 4.69) is 0 Å². The molecule has 2 N–H and O–H groups in total. The first kappa shape index (κ1) is 18.2. The Hall–Kier alpha value is -1.11. The number of aliphatic hydroxyl groups is 2. The second-order valence-electron chi connectivity index (χ2n) is 6.56. The Morgan fingerprint density at radius 3 is 2.09 bits per heavy atom. The van der Waals surface area contributed by atoms with Gasteiger partial charge in [-0.3, -0.25) is 0 Å². The Kier molecular flexibility index (Phi) is 5.70. The van der Waals surface area contributed by atoms with Gasteiger partial charge in [-0.05, 0) is 51.3 Å². The summed E-state index contributed by atoms with van der Waals surface area (Å²) in [4.78, 5) is 1.96. The number of nitrogens with zero attached hydrogens (tertiary/aromatic N) is 1. The third-order valence-corrected chi connectivity index (χ3v) is 4.47. The summed E-state index contributed by atoms with van der Waals surface area (Å²) in [6.07, 6.45) is -6.86. The molecule has 0 radical (unpaired) electrons. The van der Waals surface area contributed by atoms with Crippen molar-refractivity contribution in [2.75, 3.05) is 19.6 Å². The highest BCUT2D eigenvalue weighted by Gasteiger charge is 2.44. The van der Waals surface area contributed by atoms with Crippen LogP contribution in [0, 0.1) is 19.8 Å². The summed E-state index contributed by atoms with van der Waals surface area (Å²) in [5.41, 5.74) is 2.98. The maximum absolute atomic E-state index is 12.5. The summed E-state index contributed by atoms with van der Waals surface area (Å²) in [5, 5.41) is 19.7. The molecule has 2 rings (SSSR count). The molecule has 1 fully saturated rings. The van der Waals surface area contributed by atoms with Gasteiger partial charge in [-0.25, -0.2) is 0 Å². The zero-order valence-electron chi connectivity index (χ0n) is 13.5. The minimum atomic E-state index is -4.55. The summed E-state index contributed by atoms with van der Waals surface area (Å²) in [6, 6.07) is 5.88. The maximum atomic E-state index is 12.5. The van der Waals surface area contributed by atoms with Crippen LogP contribution in [0.25, 0.3) is 0 Å². The second kappa shape index (κ2) is 7.20. The molecular formula is C17H24F3NO2. The van der Waals surface area contributed by atoms with Crippen molar-refractivity contribution in [3.63, 3.8) is 0 Å². The molecule has 1 aromatic rings. The van der Waals surface area contributed by atoms with Crippen LogP contribution in [-0.4, -0.2) is 47.0 Å². The molecule has 1 saturated heterocycles. The molecule has 1 aliphatic heterocycles. The summed E-state index contributed by atoms with van der Waals surface area (Å²) in [5.74, 6) is -0.746. The molecule has 23 heavy (non-hydrogen) atoms. The lowest BCUT2D eigenvalue weighted by Gasteiger charge is -2.35. The first-order valence-corrected chi connectivity index (χ1v) is 7.90. The van der Waals surface area contributed by atoms with E-state index in [0.29, 0.717) is 32.5 Å². The van der Waals surface area contributed by atoms with Crippen molar-refractivity contribution >= 4 is 0 Å². The first-order chi connectivity index (χ1) is 10.7. The van der Waals surface area contributed by atoms with Gasteiger partial charge in [-0.2, -0.15) is 13.2 Å². The minimum absolute atomic E-state index is 0.292. The first-order valence-electron chi connectivity index (χ1n) is 7.90. The molecule has 0 amide bonds. The number of hydrogen-bond acceptors (Lipinski definition) is 3. The number of benzene rings is 1. The fourth-order valence-electron chi connectivity index (χ4n) is 3.27. The van der Waals surface area contributed by atoms with Crippen molar-refractivity contribution in [3.05, 3.63) is 34.9 Å². The molecule has 2 atom stereocenters. The SMILES string of the molecule is Cc1cc(C)cc(C(O)CN2CCC(C(O)C(F)(F)F)CC2)c1. The molecule has 0 saturated carbocycles. The van der Waals surface area contributed by atoms with Crippen LogP contribution in [0.1, 0.15) is 35.6 Å². The molecule has 1 heterocycles. The lowest BCUT2D eigenvalue weighted by molar-refractivity contribution is -0.223. The van der Waals surface area contributed by atoms with Gasteiger partial charge in [-0.15, -0.1) is 0 Å². The molecule has 0 spiro atoms. The highest BCUT2D eigenvalue weighted by atomic mass is 19.4. The van der Waals surface area contributed by atoms with Crippen LogP contribution in [0.15, 0.2) is 18.2 Å². The van der Waals surface area contributed by atoms with E-state index >= 15 is 0 Å². The molecule has 1 aromatic carbocycles. The van der Waals surface area contributed by atoms with Crippen molar-refractivity contribution in [2.45, 2.75) is 45.1 Å². The molecule has 1 aliphatic rings. The smallest absolute Gasteiger partial charge is 0.387 e. The van der Waals surface area contributed by atoms with Gasteiger partial charge in [0.2, 0.25) is 0 Å². The van der Waals surface area contributed by atoms with Gasteiger partial charge in [0.15, 0.2) is 6.10 Å². The molecule has 2 unspecified atom stereocenters. The van der Waals surface area contributed by atoms with E-state index in [1.54, 1.807) is 0 Å². The number of halogens is 3. The number of alkyl halides is 3. The fraction of sp³-hybridized carbons (Fsp3) is 0.647. The van der Waals surface area contributed by atoms with Crippen molar-refractivity contribution in [1.29, 1.82) is 0 Å². The van der Waals surface area contributed by atoms with Crippen LogP contribution in [0.2, 0.25) is 0 Å². The maximum Gasteiger partial charge on any atom is 0.414 e. The summed E-state index contributed by atoms with van der Waals surface area (Å²) in [6.45, 7) is 5.25. The van der Waals surface area contributed by atoms with Crippen LogP contribution < -0.4 is 0 Å². The normalized spacial score (nSPS) is 20.5.